The van der Waals surface area contributed by atoms with E-state index in [2.05, 4.69) is 32.1 Å². The van der Waals surface area contributed by atoms with E-state index in [4.69, 9.17) is 0 Å². The molecule has 0 aliphatic rings. The summed E-state index contributed by atoms with van der Waals surface area (Å²) in [7, 11) is 0. The van der Waals surface area contributed by atoms with Crippen molar-refractivity contribution in [2.45, 2.75) is 0 Å². The SMILES string of the molecule is c1ccc2ncccc2c1.c1ncncn1. The van der Waals surface area contributed by atoms with Gasteiger partial charge in [-0.1, -0.05) is 24.3 Å². The second kappa shape index (κ2) is 5.50. The highest BCUT2D eigenvalue weighted by atomic mass is 14.9. The first-order valence-corrected chi connectivity index (χ1v) is 4.81. The third-order valence-electron chi connectivity index (χ3n) is 1.91. The van der Waals surface area contributed by atoms with Crippen LogP contribution < -0.4 is 0 Å². The van der Waals surface area contributed by atoms with Crippen molar-refractivity contribution in [2.24, 2.45) is 0 Å². The third-order valence-corrected chi connectivity index (χ3v) is 1.91. The predicted molar refractivity (Wildman–Crippen MR) is 61.6 cm³/mol. The first-order valence-electron chi connectivity index (χ1n) is 4.81. The standard InChI is InChI=1S/C9H7N.C3H3N3/c1-2-6-9-8(4-1)5-3-7-10-9;1-4-2-6-3-5-1/h1-7H;1-3H. The molecule has 78 valence electrons. The summed E-state index contributed by atoms with van der Waals surface area (Å²) in [5, 5.41) is 1.20. The Morgan fingerprint density at radius 1 is 0.688 bits per heavy atom. The van der Waals surface area contributed by atoms with Gasteiger partial charge in [-0.2, -0.15) is 0 Å². The Hall–Kier alpha value is -2.36. The average Bonchev–Trinajstić information content (AvgIpc) is 2.42. The topological polar surface area (TPSA) is 51.6 Å². The lowest BCUT2D eigenvalue weighted by Crippen LogP contribution is -1.73. The van der Waals surface area contributed by atoms with Crippen LogP contribution in [0.3, 0.4) is 0 Å². The van der Waals surface area contributed by atoms with Crippen molar-refractivity contribution in [3.8, 4) is 0 Å². The maximum atomic E-state index is 4.18. The molecule has 4 nitrogen and oxygen atoms in total. The zero-order valence-corrected chi connectivity index (χ0v) is 8.56. The first-order chi connectivity index (χ1) is 7.97. The maximum Gasteiger partial charge on any atom is 0.119 e. The van der Waals surface area contributed by atoms with Gasteiger partial charge in [0.2, 0.25) is 0 Å². The first kappa shape index (κ1) is 10.2. The van der Waals surface area contributed by atoms with Crippen LogP contribution in [0.1, 0.15) is 0 Å². The Morgan fingerprint density at radius 3 is 1.94 bits per heavy atom. The van der Waals surface area contributed by atoms with Crippen molar-refractivity contribution < 1.29 is 0 Å². The molecule has 16 heavy (non-hydrogen) atoms. The van der Waals surface area contributed by atoms with E-state index in [1.54, 1.807) is 0 Å². The molecule has 0 unspecified atom stereocenters. The lowest BCUT2D eigenvalue weighted by molar-refractivity contribution is 1.05. The molecule has 0 spiro atoms. The van der Waals surface area contributed by atoms with E-state index in [9.17, 15) is 0 Å². The molecule has 0 atom stereocenters. The van der Waals surface area contributed by atoms with Crippen LogP contribution in [0.25, 0.3) is 10.9 Å². The lowest BCUT2D eigenvalue weighted by atomic mass is 10.2. The monoisotopic (exact) mass is 210 g/mol. The highest BCUT2D eigenvalue weighted by Crippen LogP contribution is 2.07. The van der Waals surface area contributed by atoms with E-state index < -0.39 is 0 Å². The summed E-state index contributed by atoms with van der Waals surface area (Å²) in [6.07, 6.45) is 6.12. The van der Waals surface area contributed by atoms with Gasteiger partial charge in [-0.15, -0.1) is 0 Å². The molecular formula is C12H10N4. The predicted octanol–water partition coefficient (Wildman–Crippen LogP) is 2.11. The summed E-state index contributed by atoms with van der Waals surface area (Å²) < 4.78 is 0. The van der Waals surface area contributed by atoms with Gasteiger partial charge >= 0.3 is 0 Å². The van der Waals surface area contributed by atoms with Gasteiger partial charge in [0.25, 0.3) is 0 Å². The smallest absolute Gasteiger partial charge is 0.119 e. The molecule has 0 fully saturated rings. The zero-order valence-electron chi connectivity index (χ0n) is 8.56. The molecule has 0 radical (unpaired) electrons. The van der Waals surface area contributed by atoms with Crippen molar-refractivity contribution in [1.82, 2.24) is 19.9 Å². The minimum Gasteiger partial charge on any atom is -0.256 e. The summed E-state index contributed by atoms with van der Waals surface area (Å²) in [6.45, 7) is 0. The van der Waals surface area contributed by atoms with Crippen molar-refractivity contribution in [3.05, 3.63) is 61.6 Å². The molecule has 0 aliphatic carbocycles. The molecule has 2 heterocycles. The normalized spacial score (nSPS) is 9.25. The van der Waals surface area contributed by atoms with Gasteiger partial charge in [-0.05, 0) is 12.1 Å². The summed E-state index contributed by atoms with van der Waals surface area (Å²) in [5.74, 6) is 0. The fourth-order valence-corrected chi connectivity index (χ4v) is 1.22. The quantitative estimate of drug-likeness (QED) is 0.570. The number of fused-ring (bicyclic) bond motifs is 1. The van der Waals surface area contributed by atoms with Crippen LogP contribution in [-0.4, -0.2) is 19.9 Å². The van der Waals surface area contributed by atoms with E-state index in [1.165, 1.54) is 24.4 Å². The van der Waals surface area contributed by atoms with Gasteiger partial charge in [0.15, 0.2) is 0 Å². The number of pyridine rings is 1. The van der Waals surface area contributed by atoms with Gasteiger partial charge in [0.1, 0.15) is 19.0 Å². The van der Waals surface area contributed by atoms with Crippen molar-refractivity contribution >= 4 is 10.9 Å². The Balaban J connectivity index is 0.000000138. The number of hydrogen-bond acceptors (Lipinski definition) is 4. The Labute approximate surface area is 93.1 Å². The van der Waals surface area contributed by atoms with Gasteiger partial charge in [0.05, 0.1) is 5.52 Å². The van der Waals surface area contributed by atoms with E-state index in [0.717, 1.165) is 5.52 Å². The van der Waals surface area contributed by atoms with Crippen LogP contribution in [0.5, 0.6) is 0 Å². The number of benzene rings is 1. The van der Waals surface area contributed by atoms with Crippen LogP contribution in [0, 0.1) is 0 Å². The van der Waals surface area contributed by atoms with Gasteiger partial charge < -0.3 is 0 Å². The number of rotatable bonds is 0. The molecule has 3 aromatic rings. The minimum absolute atomic E-state index is 1.06. The summed E-state index contributed by atoms with van der Waals surface area (Å²) >= 11 is 0. The third kappa shape index (κ3) is 2.81. The number of para-hydroxylation sites is 1. The van der Waals surface area contributed by atoms with Gasteiger partial charge in [-0.3, -0.25) is 4.98 Å². The lowest BCUT2D eigenvalue weighted by Gasteiger charge is -1.91. The van der Waals surface area contributed by atoms with Crippen LogP contribution in [-0.2, 0) is 0 Å². The van der Waals surface area contributed by atoms with Crippen molar-refractivity contribution in [1.29, 1.82) is 0 Å². The molecule has 0 saturated heterocycles. The molecule has 3 rings (SSSR count). The number of nitrogens with zero attached hydrogens (tertiary/aromatic N) is 4. The molecule has 0 saturated carbocycles. The molecule has 4 heteroatoms. The summed E-state index contributed by atoms with van der Waals surface area (Å²) in [4.78, 5) is 14.9. The number of aromatic nitrogens is 4. The Kier molecular flexibility index (Phi) is 3.50. The van der Waals surface area contributed by atoms with E-state index in [-0.39, 0.29) is 0 Å². The zero-order chi connectivity index (χ0) is 11.1. The van der Waals surface area contributed by atoms with Gasteiger partial charge in [0, 0.05) is 11.6 Å². The molecule has 0 aliphatic heterocycles. The van der Waals surface area contributed by atoms with E-state index >= 15 is 0 Å². The fourth-order valence-electron chi connectivity index (χ4n) is 1.22. The van der Waals surface area contributed by atoms with Crippen LogP contribution in [0.4, 0.5) is 0 Å². The van der Waals surface area contributed by atoms with Crippen molar-refractivity contribution in [2.75, 3.05) is 0 Å². The largest absolute Gasteiger partial charge is 0.256 e. The molecule has 1 aromatic carbocycles. The van der Waals surface area contributed by atoms with E-state index in [0.29, 0.717) is 0 Å². The maximum absolute atomic E-state index is 4.18. The van der Waals surface area contributed by atoms with Crippen LogP contribution in [0.2, 0.25) is 0 Å². The fraction of sp³-hybridized carbons (Fsp3) is 0. The molecule has 0 N–H and O–H groups in total. The highest BCUT2D eigenvalue weighted by molar-refractivity contribution is 5.77. The van der Waals surface area contributed by atoms with Crippen molar-refractivity contribution in [3.63, 3.8) is 0 Å². The summed E-state index contributed by atoms with van der Waals surface area (Å²) in [5.41, 5.74) is 1.06. The van der Waals surface area contributed by atoms with E-state index in [1.807, 2.05) is 30.5 Å². The Morgan fingerprint density at radius 2 is 1.31 bits per heavy atom. The highest BCUT2D eigenvalue weighted by Gasteiger charge is 1.86. The number of hydrogen-bond donors (Lipinski definition) is 0. The van der Waals surface area contributed by atoms with Crippen LogP contribution >= 0.6 is 0 Å². The molecule has 0 bridgehead atoms. The summed E-state index contributed by atoms with van der Waals surface area (Å²) in [6, 6.07) is 12.1. The Bertz CT molecular complexity index is 447. The second-order valence-corrected chi connectivity index (χ2v) is 2.99. The minimum atomic E-state index is 1.06. The average molecular weight is 210 g/mol. The van der Waals surface area contributed by atoms with Crippen LogP contribution in [0.15, 0.2) is 61.6 Å². The molecule has 2 aromatic heterocycles. The second-order valence-electron chi connectivity index (χ2n) is 2.99. The molecule has 0 amide bonds. The van der Waals surface area contributed by atoms with Gasteiger partial charge in [-0.25, -0.2) is 15.0 Å². The molecular weight excluding hydrogens is 200 g/mol.